The second kappa shape index (κ2) is 7.80. The van der Waals surface area contributed by atoms with Gasteiger partial charge in [-0.25, -0.2) is 13.8 Å². The Morgan fingerprint density at radius 2 is 1.87 bits per heavy atom. The van der Waals surface area contributed by atoms with Crippen molar-refractivity contribution in [1.82, 2.24) is 4.98 Å². The van der Waals surface area contributed by atoms with Gasteiger partial charge >= 0.3 is 0 Å². The molecular weight excluding hydrogens is 408 g/mol. The molecule has 30 heavy (non-hydrogen) atoms. The van der Waals surface area contributed by atoms with Crippen molar-refractivity contribution >= 4 is 28.1 Å². The van der Waals surface area contributed by atoms with Crippen LogP contribution in [0.5, 0.6) is 5.75 Å². The third-order valence-corrected chi connectivity index (χ3v) is 7.60. The number of fused-ring (bicyclic) bond motifs is 1. The minimum absolute atomic E-state index is 0.0643. The number of amides is 1. The standard InChI is InChI=1S/C22H25F2N3O2S/c1-2-18-19(26-22(30-18)27-5-3-4-6-27)21(28)25-14-10-16(23)20(17(24)11-14)29-15-8-12-7-13(12)9-15/h10-13,15H,2-9H2,1H3,(H,25,28). The lowest BCUT2D eigenvalue weighted by Gasteiger charge is -2.17. The number of thiazole rings is 1. The monoisotopic (exact) mass is 433 g/mol. The first kappa shape index (κ1) is 19.7. The molecule has 0 radical (unpaired) electrons. The number of nitrogens with zero attached hydrogens (tertiary/aromatic N) is 2. The van der Waals surface area contributed by atoms with Crippen LogP contribution in [0.25, 0.3) is 0 Å². The zero-order chi connectivity index (χ0) is 20.8. The van der Waals surface area contributed by atoms with E-state index in [4.69, 9.17) is 4.74 Å². The third kappa shape index (κ3) is 3.77. The average molecular weight is 434 g/mol. The summed E-state index contributed by atoms with van der Waals surface area (Å²) in [4.78, 5) is 20.4. The quantitative estimate of drug-likeness (QED) is 0.696. The first-order valence-corrected chi connectivity index (χ1v) is 11.5. The molecule has 3 aliphatic rings. The second-order valence-corrected chi connectivity index (χ2v) is 9.57. The van der Waals surface area contributed by atoms with Crippen LogP contribution in [0.2, 0.25) is 0 Å². The van der Waals surface area contributed by atoms with E-state index in [1.54, 1.807) is 0 Å². The van der Waals surface area contributed by atoms with Gasteiger partial charge < -0.3 is 15.0 Å². The number of nitrogens with one attached hydrogen (secondary N) is 1. The van der Waals surface area contributed by atoms with Gasteiger partial charge in [-0.2, -0.15) is 0 Å². The summed E-state index contributed by atoms with van der Waals surface area (Å²) < 4.78 is 34.7. The fourth-order valence-corrected chi connectivity index (χ4v) is 5.71. The van der Waals surface area contributed by atoms with Crippen LogP contribution in [0.15, 0.2) is 12.1 Å². The molecule has 5 nitrogen and oxygen atoms in total. The van der Waals surface area contributed by atoms with Gasteiger partial charge in [-0.3, -0.25) is 4.79 Å². The minimum atomic E-state index is -0.794. The summed E-state index contributed by atoms with van der Waals surface area (Å²) >= 11 is 1.51. The zero-order valence-electron chi connectivity index (χ0n) is 16.9. The van der Waals surface area contributed by atoms with Crippen molar-refractivity contribution < 1.29 is 18.3 Å². The Morgan fingerprint density at radius 1 is 1.20 bits per heavy atom. The highest BCUT2D eigenvalue weighted by Gasteiger charge is 2.47. The van der Waals surface area contributed by atoms with Gasteiger partial charge in [0.1, 0.15) is 5.69 Å². The van der Waals surface area contributed by atoms with E-state index in [1.807, 2.05) is 6.92 Å². The van der Waals surface area contributed by atoms with Crippen molar-refractivity contribution in [2.24, 2.45) is 11.8 Å². The van der Waals surface area contributed by atoms with E-state index < -0.39 is 17.5 Å². The third-order valence-electron chi connectivity index (χ3n) is 6.34. The number of hydrogen-bond acceptors (Lipinski definition) is 5. The fraction of sp³-hybridized carbons (Fsp3) is 0.545. The molecule has 1 saturated heterocycles. The molecular formula is C22H25F2N3O2S. The molecule has 2 heterocycles. The molecule has 160 valence electrons. The maximum absolute atomic E-state index is 14.5. The van der Waals surface area contributed by atoms with Crippen molar-refractivity contribution in [2.75, 3.05) is 23.3 Å². The van der Waals surface area contributed by atoms with E-state index in [0.717, 1.165) is 60.9 Å². The van der Waals surface area contributed by atoms with E-state index in [0.29, 0.717) is 24.0 Å². The van der Waals surface area contributed by atoms with E-state index in [1.165, 1.54) is 17.8 Å². The number of halogens is 2. The van der Waals surface area contributed by atoms with Crippen molar-refractivity contribution in [3.05, 3.63) is 34.3 Å². The fourth-order valence-electron chi connectivity index (χ4n) is 4.66. The number of anilines is 2. The summed E-state index contributed by atoms with van der Waals surface area (Å²) in [5, 5.41) is 3.44. The van der Waals surface area contributed by atoms with Crippen LogP contribution in [0.3, 0.4) is 0 Å². The van der Waals surface area contributed by atoms with E-state index in [9.17, 15) is 13.6 Å². The Bertz CT molecular complexity index is 940. The average Bonchev–Trinajstić information content (AvgIpc) is 3.17. The van der Waals surface area contributed by atoms with Crippen LogP contribution in [-0.2, 0) is 6.42 Å². The van der Waals surface area contributed by atoms with Gasteiger partial charge in [0.05, 0.1) is 6.10 Å². The number of aryl methyl sites for hydroxylation is 1. The van der Waals surface area contributed by atoms with E-state index >= 15 is 0 Å². The first-order chi connectivity index (χ1) is 14.5. The van der Waals surface area contributed by atoms with Crippen LogP contribution < -0.4 is 15.0 Å². The molecule has 1 aromatic carbocycles. The number of aromatic nitrogens is 1. The number of rotatable bonds is 6. The zero-order valence-corrected chi connectivity index (χ0v) is 17.7. The predicted molar refractivity (Wildman–Crippen MR) is 112 cm³/mol. The summed E-state index contributed by atoms with van der Waals surface area (Å²) in [6.45, 7) is 3.85. The highest BCUT2D eigenvalue weighted by molar-refractivity contribution is 7.15. The topological polar surface area (TPSA) is 54.5 Å². The number of benzene rings is 1. The second-order valence-electron chi connectivity index (χ2n) is 8.51. The van der Waals surface area contributed by atoms with Gasteiger partial charge in [-0.1, -0.05) is 6.92 Å². The van der Waals surface area contributed by atoms with Crippen molar-refractivity contribution in [2.45, 2.75) is 51.6 Å². The van der Waals surface area contributed by atoms with Crippen molar-refractivity contribution in [1.29, 1.82) is 0 Å². The van der Waals surface area contributed by atoms with Gasteiger partial charge in [0.15, 0.2) is 22.5 Å². The number of hydrogen-bond donors (Lipinski definition) is 1. The molecule has 1 N–H and O–H groups in total. The van der Waals surface area contributed by atoms with Crippen LogP contribution in [0, 0.1) is 23.5 Å². The van der Waals surface area contributed by atoms with Crippen LogP contribution in [0.4, 0.5) is 19.6 Å². The van der Waals surface area contributed by atoms with Gasteiger partial charge in [0, 0.05) is 35.8 Å². The molecule has 1 aromatic heterocycles. The molecule has 1 amide bonds. The van der Waals surface area contributed by atoms with Crippen LogP contribution in [-0.4, -0.2) is 30.1 Å². The summed E-state index contributed by atoms with van der Waals surface area (Å²) in [6, 6.07) is 2.23. The Hall–Kier alpha value is -2.22. The van der Waals surface area contributed by atoms with Gasteiger partial charge in [-0.15, -0.1) is 11.3 Å². The first-order valence-electron chi connectivity index (χ1n) is 10.7. The van der Waals surface area contributed by atoms with Crippen molar-refractivity contribution in [3.63, 3.8) is 0 Å². The molecule has 2 saturated carbocycles. The SMILES string of the molecule is CCc1sc(N2CCCC2)nc1C(=O)Nc1cc(F)c(OC2CC3CC3C2)c(F)c1. The Kier molecular flexibility index (Phi) is 5.13. The maximum Gasteiger partial charge on any atom is 0.275 e. The summed E-state index contributed by atoms with van der Waals surface area (Å²) in [6.07, 6.45) is 5.74. The molecule has 3 fully saturated rings. The van der Waals surface area contributed by atoms with E-state index in [2.05, 4.69) is 15.2 Å². The van der Waals surface area contributed by atoms with Gasteiger partial charge in [0.25, 0.3) is 5.91 Å². The van der Waals surface area contributed by atoms with Gasteiger partial charge in [0.2, 0.25) is 0 Å². The molecule has 0 spiro atoms. The summed E-state index contributed by atoms with van der Waals surface area (Å²) in [5.41, 5.74) is 0.394. The van der Waals surface area contributed by atoms with Gasteiger partial charge in [-0.05, 0) is 50.4 Å². The number of carbonyl (C=O) groups is 1. The van der Waals surface area contributed by atoms with Crippen molar-refractivity contribution in [3.8, 4) is 5.75 Å². The lowest BCUT2D eigenvalue weighted by Crippen LogP contribution is -2.19. The Balaban J connectivity index is 1.31. The minimum Gasteiger partial charge on any atom is -0.484 e. The Labute approximate surface area is 178 Å². The van der Waals surface area contributed by atoms with Crippen LogP contribution in [0.1, 0.15) is 54.4 Å². The highest BCUT2D eigenvalue weighted by Crippen LogP contribution is 2.52. The molecule has 0 bridgehead atoms. The summed E-state index contributed by atoms with van der Waals surface area (Å²) in [7, 11) is 0. The molecule has 2 atom stereocenters. The molecule has 8 heteroatoms. The predicted octanol–water partition coefficient (Wildman–Crippen LogP) is 5.01. The summed E-state index contributed by atoms with van der Waals surface area (Å²) in [5.74, 6) is -1.06. The number of carbonyl (C=O) groups excluding carboxylic acids is 1. The lowest BCUT2D eigenvalue weighted by molar-refractivity contribution is 0.102. The highest BCUT2D eigenvalue weighted by atomic mass is 32.1. The normalized spacial score (nSPS) is 24.8. The molecule has 2 aromatic rings. The lowest BCUT2D eigenvalue weighted by atomic mass is 10.2. The number of ether oxygens (including phenoxy) is 1. The van der Waals surface area contributed by atoms with E-state index in [-0.39, 0.29) is 17.5 Å². The molecule has 5 rings (SSSR count). The van der Waals surface area contributed by atoms with Crippen LogP contribution >= 0.6 is 11.3 Å². The molecule has 1 aliphatic heterocycles. The molecule has 2 unspecified atom stereocenters. The largest absolute Gasteiger partial charge is 0.484 e. The maximum atomic E-state index is 14.5. The smallest absolute Gasteiger partial charge is 0.275 e. The molecule has 2 aliphatic carbocycles. The Morgan fingerprint density at radius 3 is 2.50 bits per heavy atom.